The summed E-state index contributed by atoms with van der Waals surface area (Å²) in [4.78, 5) is 25.5. The molecule has 132 valence electrons. The molecular weight excluding hydrogens is 312 g/mol. The number of nitrogens with one attached hydrogen (secondary N) is 1. The molecule has 1 saturated heterocycles. The molecule has 0 bridgehead atoms. The van der Waals surface area contributed by atoms with Crippen LogP contribution in [0, 0.1) is 5.92 Å². The number of carbonyl (C=O) groups is 2. The van der Waals surface area contributed by atoms with Crippen LogP contribution < -0.4 is 14.8 Å². The molecule has 0 aliphatic carbocycles. The van der Waals surface area contributed by atoms with Crippen molar-refractivity contribution in [1.29, 1.82) is 0 Å². The lowest BCUT2D eigenvalue weighted by molar-refractivity contribution is -0.149. The number of hydrogen-bond donors (Lipinski definition) is 1. The van der Waals surface area contributed by atoms with E-state index in [1.807, 2.05) is 12.1 Å². The quantitative estimate of drug-likeness (QED) is 0.635. The molecule has 0 atom stereocenters. The third-order valence-corrected chi connectivity index (χ3v) is 3.92. The Hall–Kier alpha value is -2.44. The number of carbonyl (C=O) groups excluding carboxylic acids is 2. The van der Waals surface area contributed by atoms with Crippen LogP contribution in [-0.2, 0) is 9.53 Å². The van der Waals surface area contributed by atoms with E-state index < -0.39 is 0 Å². The second-order valence-electron chi connectivity index (χ2n) is 5.43. The number of esters is 1. The van der Waals surface area contributed by atoms with Crippen LogP contribution in [0.1, 0.15) is 19.8 Å². The minimum Gasteiger partial charge on any atom is -0.493 e. The van der Waals surface area contributed by atoms with E-state index in [9.17, 15) is 9.59 Å². The first-order chi connectivity index (χ1) is 11.7. The summed E-state index contributed by atoms with van der Waals surface area (Å²) in [6, 6.07) is 7.04. The molecule has 0 radical (unpaired) electrons. The Kier molecular flexibility index (Phi) is 6.72. The van der Waals surface area contributed by atoms with Crippen molar-refractivity contribution in [3.05, 3.63) is 24.3 Å². The maximum atomic E-state index is 12.1. The molecule has 2 amide bonds. The molecule has 2 rings (SSSR count). The van der Waals surface area contributed by atoms with Gasteiger partial charge in [0.2, 0.25) is 0 Å². The highest BCUT2D eigenvalue weighted by atomic mass is 16.5. The van der Waals surface area contributed by atoms with Crippen molar-refractivity contribution in [2.75, 3.05) is 33.5 Å². The maximum Gasteiger partial charge on any atom is 0.320 e. The van der Waals surface area contributed by atoms with Crippen LogP contribution in [-0.4, -0.2) is 50.4 Å². The third-order valence-electron chi connectivity index (χ3n) is 3.92. The van der Waals surface area contributed by atoms with Crippen LogP contribution in [0.4, 0.5) is 4.79 Å². The molecular formula is C17H24N2O5. The standard InChI is InChI=1S/C17H24N2O5/c1-3-23-16(20)13-8-10-19(11-9-13)17(21)18-12-24-15-7-5-4-6-14(15)22-2/h4-7,13H,3,8-12H2,1-2H3,(H,18,21). The first kappa shape index (κ1) is 17.9. The van der Waals surface area contributed by atoms with Gasteiger partial charge in [-0.3, -0.25) is 4.79 Å². The summed E-state index contributed by atoms with van der Waals surface area (Å²) in [5, 5.41) is 2.71. The first-order valence-corrected chi connectivity index (χ1v) is 8.11. The van der Waals surface area contributed by atoms with E-state index >= 15 is 0 Å². The van der Waals surface area contributed by atoms with Gasteiger partial charge < -0.3 is 24.4 Å². The molecule has 0 unspecified atom stereocenters. The molecule has 0 aromatic heterocycles. The van der Waals surface area contributed by atoms with E-state index in [1.165, 1.54) is 0 Å². The number of benzene rings is 1. The zero-order valence-corrected chi connectivity index (χ0v) is 14.1. The minimum absolute atomic E-state index is 0.0526. The Morgan fingerprint density at radius 2 is 1.88 bits per heavy atom. The number of hydrogen-bond acceptors (Lipinski definition) is 5. The third kappa shape index (κ3) is 4.78. The SMILES string of the molecule is CCOC(=O)C1CCN(C(=O)NCOc2ccccc2OC)CC1. The van der Waals surface area contributed by atoms with Gasteiger partial charge in [0, 0.05) is 13.1 Å². The van der Waals surface area contributed by atoms with Gasteiger partial charge in [-0.1, -0.05) is 12.1 Å². The van der Waals surface area contributed by atoms with Crippen molar-refractivity contribution in [2.45, 2.75) is 19.8 Å². The van der Waals surface area contributed by atoms with Crippen molar-refractivity contribution in [2.24, 2.45) is 5.92 Å². The zero-order chi connectivity index (χ0) is 17.4. The van der Waals surface area contributed by atoms with Crippen molar-refractivity contribution in [3.8, 4) is 11.5 Å². The molecule has 0 saturated carbocycles. The smallest absolute Gasteiger partial charge is 0.320 e. The van der Waals surface area contributed by atoms with Crippen LogP contribution in [0.25, 0.3) is 0 Å². The predicted molar refractivity (Wildman–Crippen MR) is 88.0 cm³/mol. The minimum atomic E-state index is -0.202. The molecule has 0 spiro atoms. The highest BCUT2D eigenvalue weighted by Crippen LogP contribution is 2.25. The molecule has 1 N–H and O–H groups in total. The van der Waals surface area contributed by atoms with E-state index in [2.05, 4.69) is 5.32 Å². The van der Waals surface area contributed by atoms with Gasteiger partial charge in [0.15, 0.2) is 18.2 Å². The average Bonchev–Trinajstić information content (AvgIpc) is 2.62. The van der Waals surface area contributed by atoms with Gasteiger partial charge in [0.25, 0.3) is 0 Å². The Morgan fingerprint density at radius 1 is 1.21 bits per heavy atom. The van der Waals surface area contributed by atoms with Gasteiger partial charge >= 0.3 is 12.0 Å². The number of nitrogens with zero attached hydrogens (tertiary/aromatic N) is 1. The van der Waals surface area contributed by atoms with Crippen LogP contribution in [0.15, 0.2) is 24.3 Å². The van der Waals surface area contributed by atoms with Gasteiger partial charge in [-0.05, 0) is 31.9 Å². The molecule has 7 nitrogen and oxygen atoms in total. The van der Waals surface area contributed by atoms with Gasteiger partial charge in [-0.15, -0.1) is 0 Å². The topological polar surface area (TPSA) is 77.1 Å². The van der Waals surface area contributed by atoms with Crippen LogP contribution in [0.2, 0.25) is 0 Å². The average molecular weight is 336 g/mol. The van der Waals surface area contributed by atoms with Gasteiger partial charge in [0.05, 0.1) is 19.6 Å². The Morgan fingerprint density at radius 3 is 2.50 bits per heavy atom. The maximum absolute atomic E-state index is 12.1. The largest absolute Gasteiger partial charge is 0.493 e. The summed E-state index contributed by atoms with van der Waals surface area (Å²) in [5.41, 5.74) is 0. The monoisotopic (exact) mass is 336 g/mol. The molecule has 1 aliphatic rings. The molecule has 1 aromatic carbocycles. The number of likely N-dealkylation sites (tertiary alicyclic amines) is 1. The first-order valence-electron chi connectivity index (χ1n) is 8.11. The second-order valence-corrected chi connectivity index (χ2v) is 5.43. The lowest BCUT2D eigenvalue weighted by Gasteiger charge is -2.30. The zero-order valence-electron chi connectivity index (χ0n) is 14.1. The van der Waals surface area contributed by atoms with Crippen molar-refractivity contribution >= 4 is 12.0 Å². The fourth-order valence-corrected chi connectivity index (χ4v) is 2.60. The number of amides is 2. The molecule has 1 fully saturated rings. The summed E-state index contributed by atoms with van der Waals surface area (Å²) in [7, 11) is 1.56. The summed E-state index contributed by atoms with van der Waals surface area (Å²) in [5.74, 6) is 0.902. The molecule has 1 aliphatic heterocycles. The molecule has 7 heteroatoms. The highest BCUT2D eigenvalue weighted by molar-refractivity contribution is 5.75. The number of methoxy groups -OCH3 is 1. The molecule has 1 heterocycles. The highest BCUT2D eigenvalue weighted by Gasteiger charge is 2.28. The lowest BCUT2D eigenvalue weighted by Crippen LogP contribution is -2.46. The summed E-state index contributed by atoms with van der Waals surface area (Å²) >= 11 is 0. The van der Waals surface area contributed by atoms with Gasteiger partial charge in [0.1, 0.15) is 0 Å². The molecule has 24 heavy (non-hydrogen) atoms. The van der Waals surface area contributed by atoms with Crippen LogP contribution in [0.3, 0.4) is 0 Å². The van der Waals surface area contributed by atoms with E-state index in [4.69, 9.17) is 14.2 Å². The predicted octanol–water partition coefficient (Wildman–Crippen LogP) is 2.02. The number of piperidine rings is 1. The van der Waals surface area contributed by atoms with E-state index in [-0.39, 0.29) is 24.6 Å². The second kappa shape index (κ2) is 9.00. The Bertz CT molecular complexity index is 556. The summed E-state index contributed by atoms with van der Waals surface area (Å²) < 4.78 is 15.7. The Labute approximate surface area is 141 Å². The van der Waals surface area contributed by atoms with Crippen molar-refractivity contribution < 1.29 is 23.8 Å². The fraction of sp³-hybridized carbons (Fsp3) is 0.529. The van der Waals surface area contributed by atoms with E-state index in [0.717, 1.165) is 0 Å². The molecule has 1 aromatic rings. The van der Waals surface area contributed by atoms with E-state index in [1.54, 1.807) is 31.1 Å². The van der Waals surface area contributed by atoms with E-state index in [0.29, 0.717) is 44.0 Å². The van der Waals surface area contributed by atoms with Gasteiger partial charge in [-0.25, -0.2) is 4.79 Å². The van der Waals surface area contributed by atoms with Gasteiger partial charge in [-0.2, -0.15) is 0 Å². The van der Waals surface area contributed by atoms with Crippen molar-refractivity contribution in [3.63, 3.8) is 0 Å². The number of rotatable bonds is 6. The normalized spacial score (nSPS) is 14.8. The van der Waals surface area contributed by atoms with Crippen molar-refractivity contribution in [1.82, 2.24) is 10.2 Å². The van der Waals surface area contributed by atoms with Crippen LogP contribution >= 0.6 is 0 Å². The summed E-state index contributed by atoms with van der Waals surface area (Å²) in [6.07, 6.45) is 1.25. The number of urea groups is 1. The Balaban J connectivity index is 1.73. The summed E-state index contributed by atoms with van der Waals surface area (Å²) in [6.45, 7) is 3.30. The lowest BCUT2D eigenvalue weighted by atomic mass is 9.97. The number of ether oxygens (including phenoxy) is 3. The van der Waals surface area contributed by atoms with Crippen LogP contribution in [0.5, 0.6) is 11.5 Å². The number of para-hydroxylation sites is 2. The fourth-order valence-electron chi connectivity index (χ4n) is 2.60.